The molecule has 0 saturated carbocycles. The number of hydrogen-bond donors (Lipinski definition) is 6. The molecule has 0 aliphatic carbocycles. The molecule has 1 aromatic rings. The average molecular weight is 1000 g/mol. The molecule has 386 valence electrons. The molecule has 21 heteroatoms. The quantitative estimate of drug-likeness (QED) is 0.0121. The van der Waals surface area contributed by atoms with E-state index < -0.39 is 89.8 Å². The molecular weight excluding hydrogens is 924 g/mol. The summed E-state index contributed by atoms with van der Waals surface area (Å²) in [6, 6.07) is 1.23. The number of ether oxygens (including phenoxy) is 3. The number of aliphatic hydroxyl groups excluding tert-OH is 3. The highest BCUT2D eigenvalue weighted by Crippen LogP contribution is 2.60. The summed E-state index contributed by atoms with van der Waals surface area (Å²) in [5.41, 5.74) is 4.56. The van der Waals surface area contributed by atoms with Gasteiger partial charge in [0.1, 0.15) is 30.7 Å². The van der Waals surface area contributed by atoms with Crippen molar-refractivity contribution in [2.24, 2.45) is 5.92 Å². The van der Waals surface area contributed by atoms with Crippen LogP contribution in [0.5, 0.6) is 0 Å². The second-order valence-corrected chi connectivity index (χ2v) is 20.0. The lowest BCUT2D eigenvalue weighted by Gasteiger charge is -2.21. The highest BCUT2D eigenvalue weighted by atomic mass is 31.3. The maximum atomic E-state index is 12.8. The number of aliphatic hydroxyl groups is 3. The van der Waals surface area contributed by atoms with Crippen molar-refractivity contribution in [1.29, 1.82) is 0 Å². The Hall–Kier alpha value is -3.58. The third kappa shape index (κ3) is 28.2. The topological polar surface area (TPSA) is 286 Å². The number of rotatable bonds is 37. The molecule has 1 aromatic heterocycles. The van der Waals surface area contributed by atoms with Crippen LogP contribution < -0.4 is 11.4 Å². The minimum absolute atomic E-state index is 0.0838. The van der Waals surface area contributed by atoms with E-state index in [9.17, 15) is 48.6 Å². The summed E-state index contributed by atoms with van der Waals surface area (Å²) in [5.74, 6) is -0.791. The van der Waals surface area contributed by atoms with E-state index >= 15 is 0 Å². The molecule has 1 aliphatic heterocycles. The zero-order valence-electron chi connectivity index (χ0n) is 39.9. The molecule has 7 N–H and O–H groups in total. The van der Waals surface area contributed by atoms with Crippen LogP contribution in [-0.4, -0.2) is 96.9 Å². The Labute approximate surface area is 401 Å². The first-order chi connectivity index (χ1) is 32.4. The highest BCUT2D eigenvalue weighted by Gasteiger charge is 2.46. The van der Waals surface area contributed by atoms with Crippen molar-refractivity contribution in [2.45, 2.75) is 173 Å². The van der Waals surface area contributed by atoms with Gasteiger partial charge in [-0.15, -0.1) is 0 Å². The summed E-state index contributed by atoms with van der Waals surface area (Å²) in [5, 5.41) is 31.2. The molecule has 68 heavy (non-hydrogen) atoms. The van der Waals surface area contributed by atoms with Gasteiger partial charge < -0.3 is 45.1 Å². The number of esters is 2. The molecule has 0 spiro atoms. The lowest BCUT2D eigenvalue weighted by molar-refractivity contribution is -0.161. The normalized spacial score (nSPS) is 20.5. The molecule has 1 aliphatic rings. The molecule has 3 unspecified atom stereocenters. The van der Waals surface area contributed by atoms with E-state index in [-0.39, 0.29) is 31.5 Å². The van der Waals surface area contributed by atoms with Crippen molar-refractivity contribution < 1.29 is 71.4 Å². The maximum absolute atomic E-state index is 12.8. The molecule has 1 fully saturated rings. The van der Waals surface area contributed by atoms with Crippen molar-refractivity contribution in [3.05, 3.63) is 83.5 Å². The van der Waals surface area contributed by atoms with Gasteiger partial charge in [0, 0.05) is 19.0 Å². The van der Waals surface area contributed by atoms with Gasteiger partial charge in [0.15, 0.2) is 12.3 Å². The van der Waals surface area contributed by atoms with Gasteiger partial charge in [0.05, 0.1) is 19.3 Å². The van der Waals surface area contributed by atoms with Crippen LogP contribution in [0, 0.1) is 5.92 Å². The predicted molar refractivity (Wildman–Crippen MR) is 258 cm³/mol. The molecule has 0 amide bonds. The summed E-state index contributed by atoms with van der Waals surface area (Å²) in [4.78, 5) is 61.8. The van der Waals surface area contributed by atoms with Crippen LogP contribution in [0.15, 0.2) is 77.8 Å². The van der Waals surface area contributed by atoms with Crippen molar-refractivity contribution in [2.75, 3.05) is 25.6 Å². The van der Waals surface area contributed by atoms with E-state index in [4.69, 9.17) is 29.0 Å². The van der Waals surface area contributed by atoms with Crippen LogP contribution in [0.1, 0.15) is 143 Å². The third-order valence-corrected chi connectivity index (χ3v) is 13.0. The zero-order valence-corrected chi connectivity index (χ0v) is 41.7. The van der Waals surface area contributed by atoms with Crippen LogP contribution in [0.3, 0.4) is 0 Å². The lowest BCUT2D eigenvalue weighted by Crippen LogP contribution is -2.36. The number of nitrogens with zero attached hydrogens (tertiary/aromatic N) is 2. The van der Waals surface area contributed by atoms with Gasteiger partial charge in [-0.05, 0) is 56.9 Å². The van der Waals surface area contributed by atoms with Crippen molar-refractivity contribution in [3.8, 4) is 0 Å². The number of nitrogen functional groups attached to an aromatic ring is 1. The fraction of sp³-hybridized carbons (Fsp3) is 0.660. The molecule has 0 aromatic carbocycles. The van der Waals surface area contributed by atoms with Crippen LogP contribution >= 0.6 is 15.6 Å². The second-order valence-electron chi connectivity index (χ2n) is 16.9. The number of allylic oxidation sites excluding steroid dienone is 9. The van der Waals surface area contributed by atoms with E-state index in [2.05, 4.69) is 60.4 Å². The largest absolute Gasteiger partial charge is 0.481 e. The number of aromatic nitrogens is 2. The number of carbonyl (C=O) groups is 2. The first kappa shape index (κ1) is 60.5. The number of phosphoric ester groups is 2. The Morgan fingerprint density at radius 1 is 0.794 bits per heavy atom. The van der Waals surface area contributed by atoms with E-state index in [1.54, 1.807) is 12.2 Å². The van der Waals surface area contributed by atoms with Crippen molar-refractivity contribution in [1.82, 2.24) is 9.55 Å². The second kappa shape index (κ2) is 34.7. The predicted octanol–water partition coefficient (Wildman–Crippen LogP) is 7.99. The monoisotopic (exact) mass is 1000 g/mol. The zero-order chi connectivity index (χ0) is 50.2. The SMILES string of the molecule is CC/C=C\C/C=C\C/C=C\C/C=C\C=C\C(O)CCCC(=O)O[C@H](COC(=O)CCCCCCCCCCCC(C)C)COP(=O)(O)OP(=O)(O)OC[C@H]1O[C@@H](n2ccc(N)nc2=O)[C@H](O)[C@@H]1O. The van der Waals surface area contributed by atoms with Gasteiger partial charge in [-0.1, -0.05) is 139 Å². The summed E-state index contributed by atoms with van der Waals surface area (Å²) in [6.45, 7) is 4.09. The first-order valence-corrected chi connectivity index (χ1v) is 26.8. The summed E-state index contributed by atoms with van der Waals surface area (Å²) in [6.07, 6.45) is 26.5. The molecule has 8 atom stereocenters. The summed E-state index contributed by atoms with van der Waals surface area (Å²) < 4.78 is 56.5. The van der Waals surface area contributed by atoms with Gasteiger partial charge in [-0.2, -0.15) is 9.29 Å². The van der Waals surface area contributed by atoms with Gasteiger partial charge in [-0.25, -0.2) is 13.9 Å². The van der Waals surface area contributed by atoms with Crippen molar-refractivity contribution in [3.63, 3.8) is 0 Å². The van der Waals surface area contributed by atoms with Gasteiger partial charge in [-0.3, -0.25) is 23.2 Å². The molecule has 0 radical (unpaired) electrons. The fourth-order valence-electron chi connectivity index (χ4n) is 6.70. The Bertz CT molecular complexity index is 1900. The summed E-state index contributed by atoms with van der Waals surface area (Å²) in [7, 11) is -10.9. The van der Waals surface area contributed by atoms with Crippen LogP contribution in [-0.2, 0) is 46.3 Å². The van der Waals surface area contributed by atoms with Gasteiger partial charge >= 0.3 is 33.3 Å². The molecule has 2 heterocycles. The third-order valence-electron chi connectivity index (χ3n) is 10.4. The fourth-order valence-corrected chi connectivity index (χ4v) is 8.81. The molecule has 1 saturated heterocycles. The number of hydrogen-bond acceptors (Lipinski definition) is 16. The smallest absolute Gasteiger partial charge is 0.462 e. The lowest BCUT2D eigenvalue weighted by atomic mass is 10.0. The minimum Gasteiger partial charge on any atom is -0.462 e. The van der Waals surface area contributed by atoms with Gasteiger partial charge in [0.2, 0.25) is 0 Å². The maximum Gasteiger partial charge on any atom is 0.481 e. The molecule has 0 bridgehead atoms. The number of unbranched alkanes of at least 4 members (excludes halogenated alkanes) is 8. The van der Waals surface area contributed by atoms with E-state index in [0.717, 1.165) is 68.0 Å². The number of carbonyl (C=O) groups excluding carboxylic acids is 2. The van der Waals surface area contributed by atoms with Crippen molar-refractivity contribution >= 4 is 33.4 Å². The Morgan fingerprint density at radius 3 is 2.01 bits per heavy atom. The van der Waals surface area contributed by atoms with Crippen LogP contribution in [0.25, 0.3) is 0 Å². The molecule has 19 nitrogen and oxygen atoms in total. The Balaban J connectivity index is 1.88. The van der Waals surface area contributed by atoms with Crippen LogP contribution in [0.4, 0.5) is 5.82 Å². The minimum atomic E-state index is -5.47. The number of anilines is 1. The first-order valence-electron chi connectivity index (χ1n) is 23.8. The Morgan fingerprint density at radius 2 is 1.38 bits per heavy atom. The molecular formula is C47H77N3O16P2. The highest BCUT2D eigenvalue weighted by molar-refractivity contribution is 7.61. The van der Waals surface area contributed by atoms with E-state index in [1.165, 1.54) is 38.2 Å². The standard InChI is InChI=1S/C47H77N3O16P2/c1-4-5-6-7-8-9-10-11-12-15-18-21-24-28-38(51)29-26-31-43(53)64-39(34-61-42(52)30-25-22-19-16-13-14-17-20-23-27-37(2)3)35-62-67(57,58)66-68(59,60)63-36-40-44(54)45(55)46(65-40)50-33-32-41(48)49-47(50)56/h5-6,8-9,11-12,18,21,24,28,32-33,37-40,44-46,51,54-55H,4,7,10,13-17,19-20,22-23,25-27,29-31,34-36H2,1-3H3,(H,57,58)(H,59,60)(H2,48,49,56)/b6-5-,9-8-,12-11-,21-18-,28-24+/t38?,39-,40-,44-,45-,46-/m1/s1. The van der Waals surface area contributed by atoms with Crippen LogP contribution in [0.2, 0.25) is 0 Å². The Kier molecular flexibility index (Phi) is 30.9. The summed E-state index contributed by atoms with van der Waals surface area (Å²) >= 11 is 0. The van der Waals surface area contributed by atoms with E-state index in [1.807, 2.05) is 18.2 Å². The molecule has 2 rings (SSSR count). The average Bonchev–Trinajstić information content (AvgIpc) is 3.55. The number of phosphoric acid groups is 2. The number of nitrogens with two attached hydrogens (primary N) is 1. The van der Waals surface area contributed by atoms with Gasteiger partial charge in [0.25, 0.3) is 0 Å². The van der Waals surface area contributed by atoms with E-state index in [0.29, 0.717) is 6.42 Å².